The summed E-state index contributed by atoms with van der Waals surface area (Å²) in [4.78, 5) is 21.3. The van der Waals surface area contributed by atoms with Crippen LogP contribution >= 0.6 is 0 Å². The van der Waals surface area contributed by atoms with E-state index in [2.05, 4.69) is 19.2 Å². The molecule has 0 unspecified atom stereocenters. The third-order valence-corrected chi connectivity index (χ3v) is 0.934. The minimum atomic E-state index is -0.361. The molecule has 2 nitrogen and oxygen atoms in total. The average Bonchev–Trinajstić information content (AvgIpc) is 1.99. The standard InChI is InChI=1S/C9H9O2/c1-4-8(10)5-6-9(11)7(2)3/h4-5H,1-2H2,3H3. The summed E-state index contributed by atoms with van der Waals surface area (Å²) in [5.41, 5.74) is 0.359. The Hall–Kier alpha value is -1.44. The predicted octanol–water partition coefficient (Wildman–Crippen LogP) is 1.25. The van der Waals surface area contributed by atoms with Crippen molar-refractivity contribution >= 4 is 11.6 Å². The molecule has 0 fully saturated rings. The highest BCUT2D eigenvalue weighted by Crippen LogP contribution is 1.90. The fourth-order valence-corrected chi connectivity index (χ4v) is 0.319. The van der Waals surface area contributed by atoms with Crippen molar-refractivity contribution in [3.05, 3.63) is 37.0 Å². The SMILES string of the molecule is C=CC(=O)/C=[C]/C(=O)C(=C)C. The van der Waals surface area contributed by atoms with E-state index in [1.807, 2.05) is 0 Å². The molecule has 0 aromatic heterocycles. The van der Waals surface area contributed by atoms with Crippen LogP contribution in [0.2, 0.25) is 0 Å². The maximum Gasteiger partial charge on any atom is 0.189 e. The van der Waals surface area contributed by atoms with E-state index in [4.69, 9.17) is 0 Å². The quantitative estimate of drug-likeness (QED) is 0.563. The Morgan fingerprint density at radius 3 is 2.36 bits per heavy atom. The molecule has 1 radical (unpaired) electrons. The van der Waals surface area contributed by atoms with Crippen LogP contribution in [-0.2, 0) is 9.59 Å². The smallest absolute Gasteiger partial charge is 0.189 e. The highest BCUT2D eigenvalue weighted by molar-refractivity contribution is 6.06. The molecule has 0 heterocycles. The fourth-order valence-electron chi connectivity index (χ4n) is 0.319. The van der Waals surface area contributed by atoms with Crippen molar-refractivity contribution in [1.29, 1.82) is 0 Å². The predicted molar refractivity (Wildman–Crippen MR) is 42.8 cm³/mol. The first kappa shape index (κ1) is 9.56. The molecule has 0 aliphatic carbocycles. The lowest BCUT2D eigenvalue weighted by Crippen LogP contribution is -1.95. The van der Waals surface area contributed by atoms with Gasteiger partial charge in [-0.15, -0.1) is 0 Å². The normalized spacial score (nSPS) is 9.55. The molecule has 0 aliphatic rings. The van der Waals surface area contributed by atoms with E-state index in [-0.39, 0.29) is 11.6 Å². The Morgan fingerprint density at radius 2 is 2.00 bits per heavy atom. The summed E-state index contributed by atoms with van der Waals surface area (Å²) in [6, 6.07) is 0. The van der Waals surface area contributed by atoms with Gasteiger partial charge >= 0.3 is 0 Å². The molecular formula is C9H9O2. The van der Waals surface area contributed by atoms with E-state index < -0.39 is 0 Å². The number of carbonyl (C=O) groups is 2. The Morgan fingerprint density at radius 1 is 1.45 bits per heavy atom. The first-order chi connectivity index (χ1) is 5.07. The summed E-state index contributed by atoms with van der Waals surface area (Å²) in [5, 5.41) is 0. The molecule has 0 spiro atoms. The summed E-state index contributed by atoms with van der Waals surface area (Å²) in [7, 11) is 0. The maximum atomic E-state index is 10.7. The topological polar surface area (TPSA) is 34.1 Å². The molecule has 2 heteroatoms. The van der Waals surface area contributed by atoms with Crippen molar-refractivity contribution in [2.24, 2.45) is 0 Å². The van der Waals surface area contributed by atoms with Crippen molar-refractivity contribution in [1.82, 2.24) is 0 Å². The third kappa shape index (κ3) is 4.03. The van der Waals surface area contributed by atoms with Crippen LogP contribution in [0.25, 0.3) is 0 Å². The Bertz CT molecular complexity index is 234. The van der Waals surface area contributed by atoms with Gasteiger partial charge in [-0.1, -0.05) is 13.2 Å². The van der Waals surface area contributed by atoms with Gasteiger partial charge in [0.25, 0.3) is 0 Å². The molecule has 0 rings (SSSR count). The monoisotopic (exact) mass is 149 g/mol. The van der Waals surface area contributed by atoms with Gasteiger partial charge in [-0.25, -0.2) is 0 Å². The lowest BCUT2D eigenvalue weighted by molar-refractivity contribution is -0.113. The molecule has 0 saturated heterocycles. The Labute approximate surface area is 65.9 Å². The number of rotatable bonds is 4. The molecule has 11 heavy (non-hydrogen) atoms. The molecule has 0 aromatic rings. The van der Waals surface area contributed by atoms with E-state index in [0.29, 0.717) is 5.57 Å². The Kier molecular flexibility index (Phi) is 3.81. The van der Waals surface area contributed by atoms with Crippen LogP contribution < -0.4 is 0 Å². The second kappa shape index (κ2) is 4.39. The van der Waals surface area contributed by atoms with Gasteiger partial charge in [0.05, 0.1) is 0 Å². The zero-order valence-electron chi connectivity index (χ0n) is 6.39. The van der Waals surface area contributed by atoms with E-state index in [0.717, 1.165) is 12.2 Å². The molecule has 0 atom stereocenters. The van der Waals surface area contributed by atoms with Crippen molar-refractivity contribution in [3.8, 4) is 0 Å². The first-order valence-corrected chi connectivity index (χ1v) is 3.04. The molecule has 0 aromatic carbocycles. The van der Waals surface area contributed by atoms with Crippen molar-refractivity contribution < 1.29 is 9.59 Å². The number of allylic oxidation sites excluding steroid dienone is 4. The number of hydrogen-bond acceptors (Lipinski definition) is 2. The molecule has 0 aliphatic heterocycles. The van der Waals surface area contributed by atoms with Crippen LogP contribution in [0.5, 0.6) is 0 Å². The van der Waals surface area contributed by atoms with Gasteiger partial charge in [0.2, 0.25) is 0 Å². The van der Waals surface area contributed by atoms with E-state index >= 15 is 0 Å². The fraction of sp³-hybridized carbons (Fsp3) is 0.111. The number of ketones is 2. The summed E-state index contributed by atoms with van der Waals surface area (Å²) >= 11 is 0. The van der Waals surface area contributed by atoms with E-state index in [9.17, 15) is 9.59 Å². The second-order valence-corrected chi connectivity index (χ2v) is 2.00. The highest BCUT2D eigenvalue weighted by Gasteiger charge is 1.96. The summed E-state index contributed by atoms with van der Waals surface area (Å²) in [6.07, 6.45) is 4.40. The lowest BCUT2D eigenvalue weighted by atomic mass is 10.2. The molecular weight excluding hydrogens is 140 g/mol. The van der Waals surface area contributed by atoms with Gasteiger partial charge in [0.15, 0.2) is 11.6 Å². The third-order valence-electron chi connectivity index (χ3n) is 0.934. The van der Waals surface area contributed by atoms with Crippen LogP contribution in [0.15, 0.2) is 30.9 Å². The van der Waals surface area contributed by atoms with Crippen molar-refractivity contribution in [3.63, 3.8) is 0 Å². The van der Waals surface area contributed by atoms with Gasteiger partial charge in [-0.3, -0.25) is 9.59 Å². The number of carbonyl (C=O) groups excluding carboxylic acids is 2. The zero-order valence-corrected chi connectivity index (χ0v) is 6.39. The first-order valence-electron chi connectivity index (χ1n) is 3.04. The Balaban J connectivity index is 4.14. The van der Waals surface area contributed by atoms with Crippen molar-refractivity contribution in [2.75, 3.05) is 0 Å². The van der Waals surface area contributed by atoms with Gasteiger partial charge in [-0.2, -0.15) is 0 Å². The molecule has 0 N–H and O–H groups in total. The molecule has 57 valence electrons. The highest BCUT2D eigenvalue weighted by atomic mass is 16.1. The summed E-state index contributed by atoms with van der Waals surface area (Å²) in [5.74, 6) is -0.695. The van der Waals surface area contributed by atoms with E-state index in [1.54, 1.807) is 6.92 Å². The lowest BCUT2D eigenvalue weighted by Gasteiger charge is -1.86. The molecule has 0 bridgehead atoms. The van der Waals surface area contributed by atoms with Crippen LogP contribution in [0.4, 0.5) is 0 Å². The van der Waals surface area contributed by atoms with Gasteiger partial charge in [0.1, 0.15) is 0 Å². The second-order valence-electron chi connectivity index (χ2n) is 2.00. The zero-order chi connectivity index (χ0) is 8.85. The maximum absolute atomic E-state index is 10.7. The van der Waals surface area contributed by atoms with Crippen LogP contribution in [-0.4, -0.2) is 11.6 Å². The minimum Gasteiger partial charge on any atom is -0.290 e. The average molecular weight is 149 g/mol. The number of Topliss-reactive ketones (excluding diaryl/α,β-unsaturated/α-hetero) is 1. The van der Waals surface area contributed by atoms with Gasteiger partial charge in [0, 0.05) is 6.08 Å². The van der Waals surface area contributed by atoms with Crippen LogP contribution in [0.3, 0.4) is 0 Å². The summed E-state index contributed by atoms with van der Waals surface area (Å²) in [6.45, 7) is 8.18. The van der Waals surface area contributed by atoms with Crippen LogP contribution in [0.1, 0.15) is 6.92 Å². The molecule has 0 saturated carbocycles. The number of hydrogen-bond donors (Lipinski definition) is 0. The van der Waals surface area contributed by atoms with Crippen LogP contribution in [0, 0.1) is 6.08 Å². The summed E-state index contributed by atoms with van der Waals surface area (Å²) < 4.78 is 0. The van der Waals surface area contributed by atoms with Gasteiger partial charge < -0.3 is 0 Å². The van der Waals surface area contributed by atoms with Gasteiger partial charge in [-0.05, 0) is 24.6 Å². The van der Waals surface area contributed by atoms with Crippen molar-refractivity contribution in [2.45, 2.75) is 6.92 Å². The van der Waals surface area contributed by atoms with E-state index in [1.165, 1.54) is 0 Å². The molecule has 0 amide bonds. The largest absolute Gasteiger partial charge is 0.290 e. The minimum absolute atomic E-state index is 0.334.